The van der Waals surface area contributed by atoms with E-state index in [-0.39, 0.29) is 5.97 Å². The smallest absolute Gasteiger partial charge is 0.337 e. The van der Waals surface area contributed by atoms with E-state index in [0.29, 0.717) is 10.6 Å². The van der Waals surface area contributed by atoms with Gasteiger partial charge in [-0.1, -0.05) is 29.8 Å². The second kappa shape index (κ2) is 3.91. The number of rotatable bonds is 1. The minimum atomic E-state index is -0.350. The van der Waals surface area contributed by atoms with Crippen LogP contribution in [0.5, 0.6) is 0 Å². The maximum absolute atomic E-state index is 11.3. The van der Waals surface area contributed by atoms with Crippen molar-refractivity contribution in [2.45, 2.75) is 0 Å². The lowest BCUT2D eigenvalue weighted by atomic mass is 10.1. The van der Waals surface area contributed by atoms with Gasteiger partial charge in [-0.25, -0.2) is 4.79 Å². The fourth-order valence-corrected chi connectivity index (χ4v) is 1.72. The predicted molar refractivity (Wildman–Crippen MR) is 60.3 cm³/mol. The molecule has 0 aliphatic carbocycles. The van der Waals surface area contributed by atoms with Crippen molar-refractivity contribution in [3.05, 3.63) is 47.0 Å². The van der Waals surface area contributed by atoms with Gasteiger partial charge in [0.1, 0.15) is 0 Å². The standard InChI is InChI=1S/C12H9ClO2/c1-15-12(14)9-6-5-8-3-2-4-11(13)10(8)7-9/h2-7H,1H3. The van der Waals surface area contributed by atoms with Crippen molar-refractivity contribution < 1.29 is 9.53 Å². The van der Waals surface area contributed by atoms with Crippen LogP contribution in [0.25, 0.3) is 10.8 Å². The first-order valence-corrected chi connectivity index (χ1v) is 4.87. The van der Waals surface area contributed by atoms with Gasteiger partial charge < -0.3 is 4.74 Å². The number of fused-ring (bicyclic) bond motifs is 1. The zero-order valence-corrected chi connectivity index (χ0v) is 8.91. The fraction of sp³-hybridized carbons (Fsp3) is 0.0833. The third-order valence-corrected chi connectivity index (χ3v) is 2.58. The number of carbonyl (C=O) groups excluding carboxylic acids is 1. The first kappa shape index (κ1) is 9.99. The number of hydrogen-bond donors (Lipinski definition) is 0. The zero-order valence-electron chi connectivity index (χ0n) is 8.16. The summed E-state index contributed by atoms with van der Waals surface area (Å²) in [6.07, 6.45) is 0. The van der Waals surface area contributed by atoms with Gasteiger partial charge in [0.15, 0.2) is 0 Å². The number of carbonyl (C=O) groups is 1. The molecule has 0 N–H and O–H groups in total. The lowest BCUT2D eigenvalue weighted by molar-refractivity contribution is 0.0601. The molecule has 0 radical (unpaired) electrons. The summed E-state index contributed by atoms with van der Waals surface area (Å²) in [7, 11) is 1.36. The highest BCUT2D eigenvalue weighted by atomic mass is 35.5. The third-order valence-electron chi connectivity index (χ3n) is 2.25. The normalized spacial score (nSPS) is 10.3. The van der Waals surface area contributed by atoms with Crippen LogP contribution in [0.15, 0.2) is 36.4 Å². The van der Waals surface area contributed by atoms with Gasteiger partial charge in [0, 0.05) is 10.4 Å². The molecule has 0 saturated carbocycles. The van der Waals surface area contributed by atoms with E-state index in [4.69, 9.17) is 11.6 Å². The third kappa shape index (κ3) is 1.81. The number of benzene rings is 2. The van der Waals surface area contributed by atoms with Gasteiger partial charge in [-0.15, -0.1) is 0 Å². The molecule has 2 rings (SSSR count). The highest BCUT2D eigenvalue weighted by Gasteiger charge is 2.06. The van der Waals surface area contributed by atoms with Gasteiger partial charge in [0.2, 0.25) is 0 Å². The molecule has 0 atom stereocenters. The van der Waals surface area contributed by atoms with Crippen LogP contribution in [0.1, 0.15) is 10.4 Å². The molecule has 0 spiro atoms. The number of halogens is 1. The summed E-state index contributed by atoms with van der Waals surface area (Å²) in [5, 5.41) is 2.51. The summed E-state index contributed by atoms with van der Waals surface area (Å²) < 4.78 is 4.64. The average Bonchev–Trinajstić information content (AvgIpc) is 2.28. The van der Waals surface area contributed by atoms with Crippen molar-refractivity contribution >= 4 is 28.3 Å². The van der Waals surface area contributed by atoms with Crippen LogP contribution in [-0.2, 0) is 4.74 Å². The van der Waals surface area contributed by atoms with Gasteiger partial charge in [0.05, 0.1) is 12.7 Å². The maximum Gasteiger partial charge on any atom is 0.337 e. The molecule has 0 bridgehead atoms. The van der Waals surface area contributed by atoms with E-state index < -0.39 is 0 Å². The average molecular weight is 221 g/mol. The van der Waals surface area contributed by atoms with Crippen molar-refractivity contribution in [3.63, 3.8) is 0 Å². The van der Waals surface area contributed by atoms with Crippen molar-refractivity contribution in [1.29, 1.82) is 0 Å². The molecule has 0 aliphatic heterocycles. The molecular formula is C12H9ClO2. The number of esters is 1. The predicted octanol–water partition coefficient (Wildman–Crippen LogP) is 3.28. The highest BCUT2D eigenvalue weighted by Crippen LogP contribution is 2.24. The highest BCUT2D eigenvalue weighted by molar-refractivity contribution is 6.35. The van der Waals surface area contributed by atoms with E-state index in [0.717, 1.165) is 10.8 Å². The summed E-state index contributed by atoms with van der Waals surface area (Å²) in [4.78, 5) is 11.3. The number of hydrogen-bond acceptors (Lipinski definition) is 2. The van der Waals surface area contributed by atoms with E-state index in [1.807, 2.05) is 18.2 Å². The van der Waals surface area contributed by atoms with Crippen molar-refractivity contribution in [2.75, 3.05) is 7.11 Å². The summed E-state index contributed by atoms with van der Waals surface area (Å²) >= 11 is 6.02. The number of ether oxygens (including phenoxy) is 1. The van der Waals surface area contributed by atoms with Crippen LogP contribution in [0.4, 0.5) is 0 Å². The molecular weight excluding hydrogens is 212 g/mol. The van der Waals surface area contributed by atoms with Crippen molar-refractivity contribution in [2.24, 2.45) is 0 Å². The van der Waals surface area contributed by atoms with Crippen LogP contribution in [-0.4, -0.2) is 13.1 Å². The largest absolute Gasteiger partial charge is 0.465 e. The lowest BCUT2D eigenvalue weighted by Crippen LogP contribution is -2.00. The van der Waals surface area contributed by atoms with Crippen LogP contribution in [0.2, 0.25) is 5.02 Å². The van der Waals surface area contributed by atoms with E-state index in [9.17, 15) is 4.79 Å². The van der Waals surface area contributed by atoms with Gasteiger partial charge in [-0.2, -0.15) is 0 Å². The van der Waals surface area contributed by atoms with Gasteiger partial charge in [-0.3, -0.25) is 0 Å². The summed E-state index contributed by atoms with van der Waals surface area (Å²) in [6, 6.07) is 10.9. The Morgan fingerprint density at radius 2 is 2.07 bits per heavy atom. The molecule has 0 aliphatic rings. The Morgan fingerprint density at radius 1 is 1.27 bits per heavy atom. The molecule has 76 valence electrons. The summed E-state index contributed by atoms with van der Waals surface area (Å²) in [6.45, 7) is 0. The molecule has 2 nitrogen and oxygen atoms in total. The van der Waals surface area contributed by atoms with Crippen LogP contribution in [0, 0.1) is 0 Å². The molecule has 0 heterocycles. The summed E-state index contributed by atoms with van der Waals surface area (Å²) in [5.74, 6) is -0.350. The van der Waals surface area contributed by atoms with E-state index in [2.05, 4.69) is 4.74 Å². The Bertz CT molecular complexity index is 520. The minimum Gasteiger partial charge on any atom is -0.465 e. The Labute approximate surface area is 92.4 Å². The van der Waals surface area contributed by atoms with Crippen LogP contribution >= 0.6 is 11.6 Å². The molecule has 3 heteroatoms. The molecule has 0 saturated heterocycles. The Kier molecular flexibility index (Phi) is 2.60. The lowest BCUT2D eigenvalue weighted by Gasteiger charge is -2.03. The minimum absolute atomic E-state index is 0.350. The zero-order chi connectivity index (χ0) is 10.8. The molecule has 2 aromatic rings. The molecule has 2 aromatic carbocycles. The van der Waals surface area contributed by atoms with Gasteiger partial charge in [-0.05, 0) is 23.6 Å². The van der Waals surface area contributed by atoms with E-state index >= 15 is 0 Å². The monoisotopic (exact) mass is 220 g/mol. The van der Waals surface area contributed by atoms with Crippen molar-refractivity contribution in [3.8, 4) is 0 Å². The quantitative estimate of drug-likeness (QED) is 0.690. The Hall–Kier alpha value is -1.54. The molecule has 15 heavy (non-hydrogen) atoms. The van der Waals surface area contributed by atoms with E-state index in [1.165, 1.54) is 7.11 Å². The molecule has 0 aromatic heterocycles. The Morgan fingerprint density at radius 3 is 2.80 bits per heavy atom. The second-order valence-corrected chi connectivity index (χ2v) is 3.57. The van der Waals surface area contributed by atoms with Gasteiger partial charge in [0.25, 0.3) is 0 Å². The first-order chi connectivity index (χ1) is 7.22. The van der Waals surface area contributed by atoms with Crippen LogP contribution in [0.3, 0.4) is 0 Å². The molecule has 0 fully saturated rings. The fourth-order valence-electron chi connectivity index (χ4n) is 1.48. The number of methoxy groups -OCH3 is 1. The molecule has 0 amide bonds. The maximum atomic E-state index is 11.3. The summed E-state index contributed by atoms with van der Waals surface area (Å²) in [5.41, 5.74) is 0.512. The second-order valence-electron chi connectivity index (χ2n) is 3.17. The molecule has 0 unspecified atom stereocenters. The first-order valence-electron chi connectivity index (χ1n) is 4.49. The van der Waals surface area contributed by atoms with Gasteiger partial charge >= 0.3 is 5.97 Å². The van der Waals surface area contributed by atoms with Crippen LogP contribution < -0.4 is 0 Å². The topological polar surface area (TPSA) is 26.3 Å². The van der Waals surface area contributed by atoms with E-state index in [1.54, 1.807) is 18.2 Å². The Balaban J connectivity index is 2.64. The SMILES string of the molecule is COC(=O)c1ccc2cccc(Cl)c2c1. The van der Waals surface area contributed by atoms with Crippen molar-refractivity contribution in [1.82, 2.24) is 0 Å².